The lowest BCUT2D eigenvalue weighted by atomic mass is 10.1. The molecule has 0 spiro atoms. The highest BCUT2D eigenvalue weighted by Gasteiger charge is 2.12. The highest BCUT2D eigenvalue weighted by atomic mass is 35.5. The Hall–Kier alpha value is -2.01. The van der Waals surface area contributed by atoms with Crippen LogP contribution in [0.5, 0.6) is 0 Å². The minimum absolute atomic E-state index is 0.00874. The third kappa shape index (κ3) is 2.71. The first-order valence-electron chi connectivity index (χ1n) is 5.80. The maximum atomic E-state index is 10.8. The molecule has 0 atom stereocenters. The van der Waals surface area contributed by atoms with Gasteiger partial charge in [-0.3, -0.25) is 10.1 Å². The van der Waals surface area contributed by atoms with Crippen LogP contribution in [0, 0.1) is 17.0 Å². The van der Waals surface area contributed by atoms with Crippen LogP contribution < -0.4 is 0 Å². The van der Waals surface area contributed by atoms with Crippen molar-refractivity contribution in [3.05, 3.63) is 50.8 Å². The van der Waals surface area contributed by atoms with Crippen molar-refractivity contribution >= 4 is 17.3 Å². The topological polar surface area (TPSA) is 68.9 Å². The number of hydrogen-bond acceptors (Lipinski definition) is 4. The van der Waals surface area contributed by atoms with E-state index in [1.54, 1.807) is 12.1 Å². The van der Waals surface area contributed by atoms with Crippen LogP contribution in [0.15, 0.2) is 24.3 Å². The summed E-state index contributed by atoms with van der Waals surface area (Å²) in [4.78, 5) is 18.9. The quantitative estimate of drug-likeness (QED) is 0.488. The van der Waals surface area contributed by atoms with Crippen molar-refractivity contribution in [3.8, 4) is 11.4 Å². The fraction of sp³-hybridized carbons (Fsp3) is 0.231. The molecule has 0 unspecified atom stereocenters. The van der Waals surface area contributed by atoms with Crippen LogP contribution in [0.3, 0.4) is 0 Å². The molecule has 5 nitrogen and oxygen atoms in total. The number of rotatable bonds is 3. The van der Waals surface area contributed by atoms with Crippen molar-refractivity contribution in [1.82, 2.24) is 9.97 Å². The summed E-state index contributed by atoms with van der Waals surface area (Å²) in [6.45, 7) is 3.83. The van der Waals surface area contributed by atoms with Crippen LogP contribution in [0.25, 0.3) is 11.4 Å². The maximum absolute atomic E-state index is 10.8. The molecular formula is C13H12ClN3O2. The molecule has 0 amide bonds. The van der Waals surface area contributed by atoms with Crippen LogP contribution in [-0.4, -0.2) is 14.9 Å². The smallest absolute Gasteiger partial charge is 0.258 e. The standard InChI is InChI=1S/C13H12ClN3O2/c1-3-11-8(2)15-13(16-12(11)14)9-5-4-6-10(7-9)17(18)19/h4-7H,3H2,1-2H3. The van der Waals surface area contributed by atoms with Gasteiger partial charge in [-0.1, -0.05) is 30.7 Å². The normalized spacial score (nSPS) is 10.5. The zero-order chi connectivity index (χ0) is 14.0. The molecule has 1 heterocycles. The van der Waals surface area contributed by atoms with Crippen LogP contribution in [0.1, 0.15) is 18.2 Å². The van der Waals surface area contributed by atoms with E-state index in [9.17, 15) is 10.1 Å². The van der Waals surface area contributed by atoms with Crippen LogP contribution in [-0.2, 0) is 6.42 Å². The van der Waals surface area contributed by atoms with Gasteiger partial charge < -0.3 is 0 Å². The van der Waals surface area contributed by atoms with Gasteiger partial charge in [0.15, 0.2) is 5.82 Å². The Kier molecular flexibility index (Phi) is 3.76. The molecule has 0 bridgehead atoms. The number of nitro benzene ring substituents is 1. The van der Waals surface area contributed by atoms with Crippen molar-refractivity contribution in [2.24, 2.45) is 0 Å². The predicted octanol–water partition coefficient (Wildman–Crippen LogP) is 3.58. The van der Waals surface area contributed by atoms with Gasteiger partial charge >= 0.3 is 0 Å². The summed E-state index contributed by atoms with van der Waals surface area (Å²) in [6, 6.07) is 6.20. The Bertz CT molecular complexity index is 621. The minimum Gasteiger partial charge on any atom is -0.258 e. The molecule has 98 valence electrons. The van der Waals surface area contributed by atoms with Crippen LogP contribution in [0.2, 0.25) is 5.15 Å². The van der Waals surface area contributed by atoms with Crippen molar-refractivity contribution in [2.45, 2.75) is 20.3 Å². The minimum atomic E-state index is -0.446. The van der Waals surface area contributed by atoms with Gasteiger partial charge in [0.1, 0.15) is 5.15 Å². The molecule has 0 radical (unpaired) electrons. The first-order valence-corrected chi connectivity index (χ1v) is 6.18. The molecule has 6 heteroatoms. The van der Waals surface area contributed by atoms with E-state index in [0.29, 0.717) is 16.5 Å². The molecule has 0 aliphatic heterocycles. The van der Waals surface area contributed by atoms with Crippen molar-refractivity contribution < 1.29 is 4.92 Å². The van der Waals surface area contributed by atoms with Crippen molar-refractivity contribution in [2.75, 3.05) is 0 Å². The van der Waals surface area contributed by atoms with E-state index in [0.717, 1.165) is 17.7 Å². The van der Waals surface area contributed by atoms with Gasteiger partial charge in [-0.15, -0.1) is 0 Å². The molecule has 2 aromatic rings. The average Bonchev–Trinajstić information content (AvgIpc) is 2.38. The second-order valence-electron chi connectivity index (χ2n) is 4.06. The predicted molar refractivity (Wildman–Crippen MR) is 73.2 cm³/mol. The van der Waals surface area contributed by atoms with E-state index in [1.165, 1.54) is 12.1 Å². The fourth-order valence-electron chi connectivity index (χ4n) is 1.85. The fourth-order valence-corrected chi connectivity index (χ4v) is 2.20. The lowest BCUT2D eigenvalue weighted by Crippen LogP contribution is -1.99. The lowest BCUT2D eigenvalue weighted by Gasteiger charge is -2.07. The molecule has 0 aliphatic carbocycles. The van der Waals surface area contributed by atoms with E-state index < -0.39 is 4.92 Å². The molecular weight excluding hydrogens is 266 g/mol. The molecule has 0 saturated carbocycles. The Morgan fingerprint density at radius 1 is 1.37 bits per heavy atom. The summed E-state index contributed by atoms with van der Waals surface area (Å²) >= 11 is 6.10. The number of hydrogen-bond donors (Lipinski definition) is 0. The first kappa shape index (κ1) is 13.4. The molecule has 2 rings (SSSR count). The zero-order valence-electron chi connectivity index (χ0n) is 10.6. The molecule has 1 aromatic heterocycles. The molecule has 0 aliphatic rings. The van der Waals surface area contributed by atoms with Gasteiger partial charge in [-0.05, 0) is 13.3 Å². The molecule has 1 aromatic carbocycles. The molecule has 19 heavy (non-hydrogen) atoms. The third-order valence-corrected chi connectivity index (χ3v) is 3.14. The van der Waals surface area contributed by atoms with Gasteiger partial charge in [-0.2, -0.15) is 0 Å². The first-order chi connectivity index (χ1) is 9.02. The largest absolute Gasteiger partial charge is 0.270 e. The van der Waals surface area contributed by atoms with Gasteiger partial charge in [0, 0.05) is 29.0 Å². The third-order valence-electron chi connectivity index (χ3n) is 2.83. The zero-order valence-corrected chi connectivity index (χ0v) is 11.3. The molecule has 0 saturated heterocycles. The Morgan fingerprint density at radius 3 is 2.68 bits per heavy atom. The lowest BCUT2D eigenvalue weighted by molar-refractivity contribution is -0.384. The second-order valence-corrected chi connectivity index (χ2v) is 4.42. The van der Waals surface area contributed by atoms with Crippen molar-refractivity contribution in [3.63, 3.8) is 0 Å². The Labute approximate surface area is 115 Å². The number of nitro groups is 1. The maximum Gasteiger partial charge on any atom is 0.270 e. The van der Waals surface area contributed by atoms with E-state index in [-0.39, 0.29) is 5.69 Å². The Morgan fingerprint density at radius 2 is 2.11 bits per heavy atom. The number of non-ortho nitro benzene ring substituents is 1. The summed E-state index contributed by atoms with van der Waals surface area (Å²) in [6.07, 6.45) is 0.750. The van der Waals surface area contributed by atoms with E-state index in [2.05, 4.69) is 9.97 Å². The van der Waals surface area contributed by atoms with Gasteiger partial charge in [0.25, 0.3) is 5.69 Å². The molecule has 0 fully saturated rings. The SMILES string of the molecule is CCc1c(C)nc(-c2cccc([N+](=O)[O-])c2)nc1Cl. The number of aryl methyl sites for hydroxylation is 1. The van der Waals surface area contributed by atoms with Gasteiger partial charge in [-0.25, -0.2) is 9.97 Å². The van der Waals surface area contributed by atoms with Crippen molar-refractivity contribution in [1.29, 1.82) is 0 Å². The monoisotopic (exact) mass is 277 g/mol. The highest BCUT2D eigenvalue weighted by molar-refractivity contribution is 6.30. The van der Waals surface area contributed by atoms with E-state index in [1.807, 2.05) is 13.8 Å². The number of halogens is 1. The van der Waals surface area contributed by atoms with E-state index >= 15 is 0 Å². The van der Waals surface area contributed by atoms with Gasteiger partial charge in [0.2, 0.25) is 0 Å². The van der Waals surface area contributed by atoms with Crippen LogP contribution >= 0.6 is 11.6 Å². The number of aromatic nitrogens is 2. The molecule has 0 N–H and O–H groups in total. The highest BCUT2D eigenvalue weighted by Crippen LogP contribution is 2.25. The summed E-state index contributed by atoms with van der Waals surface area (Å²) in [5, 5.41) is 11.2. The summed E-state index contributed by atoms with van der Waals surface area (Å²) < 4.78 is 0. The number of nitrogens with zero attached hydrogens (tertiary/aromatic N) is 3. The Balaban J connectivity index is 2.53. The number of benzene rings is 1. The summed E-state index contributed by atoms with van der Waals surface area (Å²) in [5.41, 5.74) is 2.29. The average molecular weight is 278 g/mol. The summed E-state index contributed by atoms with van der Waals surface area (Å²) in [5.74, 6) is 0.406. The van der Waals surface area contributed by atoms with Crippen LogP contribution in [0.4, 0.5) is 5.69 Å². The summed E-state index contributed by atoms with van der Waals surface area (Å²) in [7, 11) is 0. The second kappa shape index (κ2) is 5.32. The van der Waals surface area contributed by atoms with E-state index in [4.69, 9.17) is 11.6 Å². The van der Waals surface area contributed by atoms with Gasteiger partial charge in [0.05, 0.1) is 4.92 Å².